The van der Waals surface area contributed by atoms with E-state index in [2.05, 4.69) is 27.4 Å². The molecule has 0 aliphatic rings. The summed E-state index contributed by atoms with van der Waals surface area (Å²) in [6, 6.07) is 3.71. The zero-order valence-corrected chi connectivity index (χ0v) is 9.00. The van der Waals surface area contributed by atoms with E-state index in [1.165, 1.54) is 0 Å². The number of nitrogens with zero attached hydrogens (tertiary/aromatic N) is 2. The second kappa shape index (κ2) is 6.67. The number of aromatic nitrogens is 1. The lowest BCUT2D eigenvalue weighted by atomic mass is 10.3. The molecule has 78 valence electrons. The fourth-order valence-electron chi connectivity index (χ4n) is 0.819. The molecular weight excluding hydrogens is 208 g/mol. The van der Waals surface area contributed by atoms with Crippen molar-refractivity contribution in [2.75, 3.05) is 6.54 Å². The molecule has 0 bridgehead atoms. The van der Waals surface area contributed by atoms with E-state index in [0.717, 1.165) is 5.56 Å². The first kappa shape index (κ1) is 11.3. The summed E-state index contributed by atoms with van der Waals surface area (Å²) in [7, 11) is 0. The van der Waals surface area contributed by atoms with Crippen molar-refractivity contribution in [2.24, 2.45) is 5.10 Å². The molecule has 0 saturated carbocycles. The summed E-state index contributed by atoms with van der Waals surface area (Å²) in [6.45, 7) is 4.19. The molecule has 0 unspecified atom stereocenters. The third-order valence-electron chi connectivity index (χ3n) is 1.49. The average molecular weight is 220 g/mol. The van der Waals surface area contributed by atoms with Crippen LogP contribution in [0.3, 0.4) is 0 Å². The standard InChI is InChI=1S/C10H12N4S/c1-2-5-12-10(15)14-13-8-9-3-6-11-7-4-9/h2-4,6-8H,1,5H2,(H2,12,14,15). The van der Waals surface area contributed by atoms with Gasteiger partial charge in [-0.3, -0.25) is 10.4 Å². The fourth-order valence-corrected chi connectivity index (χ4v) is 0.955. The summed E-state index contributed by atoms with van der Waals surface area (Å²) < 4.78 is 0. The molecule has 0 atom stereocenters. The van der Waals surface area contributed by atoms with Crippen LogP contribution in [0, 0.1) is 0 Å². The highest BCUT2D eigenvalue weighted by molar-refractivity contribution is 7.80. The van der Waals surface area contributed by atoms with Gasteiger partial charge >= 0.3 is 0 Å². The van der Waals surface area contributed by atoms with E-state index in [0.29, 0.717) is 11.7 Å². The molecule has 5 heteroatoms. The number of hydrogen-bond acceptors (Lipinski definition) is 3. The molecule has 2 N–H and O–H groups in total. The molecule has 0 saturated heterocycles. The number of hydrazone groups is 1. The molecule has 15 heavy (non-hydrogen) atoms. The second-order valence-corrected chi connectivity index (χ2v) is 3.06. The van der Waals surface area contributed by atoms with Gasteiger partial charge in [0.05, 0.1) is 6.21 Å². The van der Waals surface area contributed by atoms with Gasteiger partial charge < -0.3 is 5.32 Å². The van der Waals surface area contributed by atoms with Crippen molar-refractivity contribution in [1.29, 1.82) is 0 Å². The minimum Gasteiger partial charge on any atom is -0.358 e. The van der Waals surface area contributed by atoms with Crippen molar-refractivity contribution in [2.45, 2.75) is 0 Å². The van der Waals surface area contributed by atoms with Crippen LogP contribution in [0.15, 0.2) is 42.3 Å². The average Bonchev–Trinajstić information content (AvgIpc) is 2.28. The van der Waals surface area contributed by atoms with E-state index in [1.54, 1.807) is 24.7 Å². The molecule has 1 aromatic rings. The monoisotopic (exact) mass is 220 g/mol. The lowest BCUT2D eigenvalue weighted by Gasteiger charge is -2.02. The highest BCUT2D eigenvalue weighted by Gasteiger charge is 1.88. The summed E-state index contributed by atoms with van der Waals surface area (Å²) in [4.78, 5) is 3.90. The molecule has 0 aliphatic carbocycles. The minimum absolute atomic E-state index is 0.472. The Labute approximate surface area is 94.1 Å². The van der Waals surface area contributed by atoms with E-state index in [4.69, 9.17) is 12.2 Å². The van der Waals surface area contributed by atoms with Crippen LogP contribution in [0.2, 0.25) is 0 Å². The normalized spacial score (nSPS) is 9.87. The maximum Gasteiger partial charge on any atom is 0.187 e. The van der Waals surface area contributed by atoms with E-state index in [9.17, 15) is 0 Å². The topological polar surface area (TPSA) is 49.3 Å². The highest BCUT2D eigenvalue weighted by Crippen LogP contribution is 1.89. The van der Waals surface area contributed by atoms with Crippen molar-refractivity contribution in [3.8, 4) is 0 Å². The van der Waals surface area contributed by atoms with Gasteiger partial charge in [-0.15, -0.1) is 6.58 Å². The third kappa shape index (κ3) is 4.87. The zero-order chi connectivity index (χ0) is 10.9. The van der Waals surface area contributed by atoms with Gasteiger partial charge in [0.25, 0.3) is 0 Å². The van der Waals surface area contributed by atoms with E-state index >= 15 is 0 Å². The van der Waals surface area contributed by atoms with Crippen LogP contribution >= 0.6 is 12.2 Å². The summed E-state index contributed by atoms with van der Waals surface area (Å²) >= 11 is 4.94. The van der Waals surface area contributed by atoms with Crippen LogP contribution in [-0.4, -0.2) is 22.9 Å². The Kier molecular flexibility index (Phi) is 5.03. The van der Waals surface area contributed by atoms with Gasteiger partial charge in [0, 0.05) is 18.9 Å². The summed E-state index contributed by atoms with van der Waals surface area (Å²) in [5.74, 6) is 0. The minimum atomic E-state index is 0.472. The first-order valence-electron chi connectivity index (χ1n) is 4.41. The highest BCUT2D eigenvalue weighted by atomic mass is 32.1. The maximum atomic E-state index is 4.94. The molecule has 0 amide bonds. The van der Waals surface area contributed by atoms with Gasteiger partial charge in [0.15, 0.2) is 5.11 Å². The largest absolute Gasteiger partial charge is 0.358 e. The summed E-state index contributed by atoms with van der Waals surface area (Å²) in [6.07, 6.45) is 6.80. The van der Waals surface area contributed by atoms with Gasteiger partial charge in [-0.2, -0.15) is 5.10 Å². The molecule has 1 heterocycles. The van der Waals surface area contributed by atoms with Crippen molar-refractivity contribution in [3.05, 3.63) is 42.7 Å². The van der Waals surface area contributed by atoms with Crippen molar-refractivity contribution < 1.29 is 0 Å². The predicted molar refractivity (Wildman–Crippen MR) is 65.8 cm³/mol. The van der Waals surface area contributed by atoms with Gasteiger partial charge in [-0.25, -0.2) is 0 Å². The SMILES string of the molecule is C=CCNC(=S)NN=Cc1ccncc1. The lowest BCUT2D eigenvalue weighted by Crippen LogP contribution is -2.31. The Morgan fingerprint density at radius 2 is 2.27 bits per heavy atom. The molecule has 1 aromatic heterocycles. The van der Waals surface area contributed by atoms with E-state index < -0.39 is 0 Å². The first-order chi connectivity index (χ1) is 7.33. The smallest absolute Gasteiger partial charge is 0.187 e. The Bertz CT molecular complexity index is 348. The van der Waals surface area contributed by atoms with Crippen LogP contribution in [-0.2, 0) is 0 Å². The van der Waals surface area contributed by atoms with E-state index in [-0.39, 0.29) is 0 Å². The molecule has 0 aromatic carbocycles. The van der Waals surface area contributed by atoms with Crippen LogP contribution in [0.4, 0.5) is 0 Å². The molecule has 1 rings (SSSR count). The molecule has 0 aliphatic heterocycles. The number of rotatable bonds is 4. The van der Waals surface area contributed by atoms with Gasteiger partial charge in [0.2, 0.25) is 0 Å². The number of pyridine rings is 1. The van der Waals surface area contributed by atoms with Gasteiger partial charge in [-0.05, 0) is 29.9 Å². The molecule has 4 nitrogen and oxygen atoms in total. The molecule has 0 fully saturated rings. The summed E-state index contributed by atoms with van der Waals surface area (Å²) in [5, 5.41) is 7.32. The molecular formula is C10H12N4S. The second-order valence-electron chi connectivity index (χ2n) is 2.65. The zero-order valence-electron chi connectivity index (χ0n) is 8.18. The van der Waals surface area contributed by atoms with E-state index in [1.807, 2.05) is 12.1 Å². The van der Waals surface area contributed by atoms with Crippen molar-refractivity contribution in [1.82, 2.24) is 15.7 Å². The number of hydrogen-bond donors (Lipinski definition) is 2. The third-order valence-corrected chi connectivity index (χ3v) is 1.73. The summed E-state index contributed by atoms with van der Waals surface area (Å²) in [5.41, 5.74) is 3.65. The lowest BCUT2D eigenvalue weighted by molar-refractivity contribution is 0.941. The Morgan fingerprint density at radius 3 is 2.93 bits per heavy atom. The maximum absolute atomic E-state index is 4.94. The Balaban J connectivity index is 2.33. The first-order valence-corrected chi connectivity index (χ1v) is 4.81. The molecule has 0 spiro atoms. The van der Waals surface area contributed by atoms with Crippen molar-refractivity contribution >= 4 is 23.5 Å². The van der Waals surface area contributed by atoms with Crippen molar-refractivity contribution in [3.63, 3.8) is 0 Å². The predicted octanol–water partition coefficient (Wildman–Crippen LogP) is 1.07. The number of thiocarbonyl (C=S) groups is 1. The fraction of sp³-hybridized carbons (Fsp3) is 0.100. The van der Waals surface area contributed by atoms with Crippen LogP contribution in [0.1, 0.15) is 5.56 Å². The quantitative estimate of drug-likeness (QED) is 0.345. The van der Waals surface area contributed by atoms with Crippen LogP contribution in [0.25, 0.3) is 0 Å². The van der Waals surface area contributed by atoms with Gasteiger partial charge in [0.1, 0.15) is 0 Å². The van der Waals surface area contributed by atoms with Gasteiger partial charge in [-0.1, -0.05) is 6.08 Å². The Hall–Kier alpha value is -1.75. The van der Waals surface area contributed by atoms with Crippen LogP contribution < -0.4 is 10.7 Å². The van der Waals surface area contributed by atoms with Crippen LogP contribution in [0.5, 0.6) is 0 Å². The Morgan fingerprint density at radius 1 is 1.53 bits per heavy atom. The molecule has 0 radical (unpaired) electrons. The number of nitrogens with one attached hydrogen (secondary N) is 2.